The van der Waals surface area contributed by atoms with Crippen molar-refractivity contribution in [3.05, 3.63) is 28.8 Å². The highest BCUT2D eigenvalue weighted by Crippen LogP contribution is 2.39. The summed E-state index contributed by atoms with van der Waals surface area (Å²) in [6.45, 7) is 4.86. The summed E-state index contributed by atoms with van der Waals surface area (Å²) in [6, 6.07) is 4.57. The number of phenols is 1. The van der Waals surface area contributed by atoms with E-state index in [9.17, 15) is 14.7 Å². The summed E-state index contributed by atoms with van der Waals surface area (Å²) >= 11 is 5.93. The van der Waals surface area contributed by atoms with Crippen LogP contribution >= 0.6 is 11.6 Å². The molecule has 2 aliphatic heterocycles. The lowest BCUT2D eigenvalue weighted by Crippen LogP contribution is -2.55. The molecule has 2 aliphatic rings. The van der Waals surface area contributed by atoms with Crippen LogP contribution in [0.5, 0.6) is 5.75 Å². The van der Waals surface area contributed by atoms with Crippen molar-refractivity contribution in [3.8, 4) is 5.75 Å². The van der Waals surface area contributed by atoms with E-state index in [2.05, 4.69) is 0 Å². The summed E-state index contributed by atoms with van der Waals surface area (Å²) in [5.74, 6) is 0.139. The van der Waals surface area contributed by atoms with E-state index in [0.717, 1.165) is 38.9 Å². The van der Waals surface area contributed by atoms with Crippen molar-refractivity contribution in [2.75, 3.05) is 26.2 Å². The molecule has 1 spiro atoms. The number of halogens is 1. The fourth-order valence-corrected chi connectivity index (χ4v) is 4.11. The number of benzene rings is 1. The fraction of sp³-hybridized carbons (Fsp3) is 0.556. The van der Waals surface area contributed by atoms with Crippen molar-refractivity contribution >= 4 is 23.4 Å². The second kappa shape index (κ2) is 6.63. The van der Waals surface area contributed by atoms with Gasteiger partial charge < -0.3 is 14.9 Å². The van der Waals surface area contributed by atoms with E-state index in [1.807, 2.05) is 16.7 Å². The molecule has 1 N–H and O–H groups in total. The zero-order valence-corrected chi connectivity index (χ0v) is 14.7. The molecule has 0 aliphatic carbocycles. The van der Waals surface area contributed by atoms with Gasteiger partial charge in [0.25, 0.3) is 5.91 Å². The number of phenolic OH excluding ortho intramolecular Hbond substituents is 1. The van der Waals surface area contributed by atoms with Gasteiger partial charge in [-0.2, -0.15) is 0 Å². The van der Waals surface area contributed by atoms with Gasteiger partial charge >= 0.3 is 0 Å². The Hall–Kier alpha value is -1.75. The lowest BCUT2D eigenvalue weighted by Gasteiger charge is -2.48. The van der Waals surface area contributed by atoms with E-state index in [1.54, 1.807) is 6.07 Å². The Morgan fingerprint density at radius 1 is 1.33 bits per heavy atom. The number of carbonyl (C=O) groups is 2. The number of nitrogens with zero attached hydrogens (tertiary/aromatic N) is 2. The van der Waals surface area contributed by atoms with Crippen molar-refractivity contribution in [1.29, 1.82) is 0 Å². The molecule has 2 saturated heterocycles. The van der Waals surface area contributed by atoms with Gasteiger partial charge in [0.2, 0.25) is 5.91 Å². The van der Waals surface area contributed by atoms with Gasteiger partial charge in [0, 0.05) is 43.6 Å². The van der Waals surface area contributed by atoms with Gasteiger partial charge in [-0.3, -0.25) is 9.59 Å². The molecule has 0 bridgehead atoms. The van der Waals surface area contributed by atoms with Crippen LogP contribution in [0.3, 0.4) is 0 Å². The molecule has 24 heavy (non-hydrogen) atoms. The first-order valence-corrected chi connectivity index (χ1v) is 8.87. The maximum absolute atomic E-state index is 12.8. The highest BCUT2D eigenvalue weighted by Gasteiger charge is 2.42. The van der Waals surface area contributed by atoms with E-state index in [1.165, 1.54) is 12.1 Å². The SMILES string of the molecule is CCN1C[C@@]2(CCCN(C(=O)c3ccc(O)c(Cl)c3)C2)CCC1=O. The standard InChI is InChI=1S/C18H23ClN2O3/c1-2-20-11-18(8-6-16(20)23)7-3-9-21(12-18)17(24)13-4-5-15(22)14(19)10-13/h4-5,10,22H,2-3,6-9,11-12H2,1H3/t18-/m1/s1. The second-order valence-corrected chi connectivity index (χ2v) is 7.31. The van der Waals surface area contributed by atoms with Crippen LogP contribution in [-0.4, -0.2) is 52.9 Å². The predicted octanol–water partition coefficient (Wildman–Crippen LogP) is 2.91. The smallest absolute Gasteiger partial charge is 0.253 e. The molecule has 1 aromatic carbocycles. The normalized spacial score (nSPS) is 24.5. The third-order valence-electron chi connectivity index (χ3n) is 5.27. The van der Waals surface area contributed by atoms with Gasteiger partial charge in [-0.1, -0.05) is 11.6 Å². The molecule has 2 fully saturated rings. The van der Waals surface area contributed by atoms with Crippen LogP contribution in [0.4, 0.5) is 0 Å². The topological polar surface area (TPSA) is 60.9 Å². The number of hydrogen-bond acceptors (Lipinski definition) is 3. The lowest BCUT2D eigenvalue weighted by molar-refractivity contribution is -0.138. The molecule has 0 aromatic heterocycles. The summed E-state index contributed by atoms with van der Waals surface area (Å²) in [4.78, 5) is 28.6. The average Bonchev–Trinajstić information content (AvgIpc) is 2.59. The minimum atomic E-state index is -0.0593. The van der Waals surface area contributed by atoms with Gasteiger partial charge in [-0.15, -0.1) is 0 Å². The Morgan fingerprint density at radius 2 is 2.12 bits per heavy atom. The van der Waals surface area contributed by atoms with Gasteiger partial charge in [0.1, 0.15) is 5.75 Å². The molecule has 0 radical (unpaired) electrons. The number of carbonyl (C=O) groups excluding carboxylic acids is 2. The quantitative estimate of drug-likeness (QED) is 0.892. The van der Waals surface area contributed by atoms with Crippen molar-refractivity contribution in [3.63, 3.8) is 0 Å². The van der Waals surface area contributed by atoms with Crippen LogP contribution in [-0.2, 0) is 4.79 Å². The minimum Gasteiger partial charge on any atom is -0.506 e. The first kappa shape index (κ1) is 17.1. The van der Waals surface area contributed by atoms with E-state index in [0.29, 0.717) is 18.5 Å². The van der Waals surface area contributed by atoms with Crippen LogP contribution in [0.25, 0.3) is 0 Å². The molecular weight excluding hydrogens is 328 g/mol. The third kappa shape index (κ3) is 3.22. The zero-order valence-electron chi connectivity index (χ0n) is 13.9. The van der Waals surface area contributed by atoms with Crippen molar-refractivity contribution < 1.29 is 14.7 Å². The largest absolute Gasteiger partial charge is 0.506 e. The predicted molar refractivity (Wildman–Crippen MR) is 92.2 cm³/mol. The van der Waals surface area contributed by atoms with Crippen LogP contribution in [0.1, 0.15) is 43.0 Å². The molecule has 130 valence electrons. The van der Waals surface area contributed by atoms with Crippen LogP contribution in [0, 0.1) is 5.41 Å². The zero-order chi connectivity index (χ0) is 17.3. The lowest BCUT2D eigenvalue weighted by atomic mass is 9.73. The third-order valence-corrected chi connectivity index (χ3v) is 5.58. The van der Waals surface area contributed by atoms with Crippen LogP contribution in [0.2, 0.25) is 5.02 Å². The number of amides is 2. The molecule has 1 aromatic rings. The minimum absolute atomic E-state index is 0.0124. The Balaban J connectivity index is 1.76. The van der Waals surface area contributed by atoms with Crippen LogP contribution < -0.4 is 0 Å². The molecular formula is C18H23ClN2O3. The summed E-state index contributed by atoms with van der Waals surface area (Å²) in [7, 11) is 0. The number of aromatic hydroxyl groups is 1. The monoisotopic (exact) mass is 350 g/mol. The van der Waals surface area contributed by atoms with Gasteiger partial charge in [-0.05, 0) is 44.4 Å². The Bertz CT molecular complexity index is 664. The molecule has 0 unspecified atom stereocenters. The molecule has 2 amide bonds. The average molecular weight is 351 g/mol. The van der Waals surface area contributed by atoms with Crippen molar-refractivity contribution in [1.82, 2.24) is 9.80 Å². The number of hydrogen-bond donors (Lipinski definition) is 1. The highest BCUT2D eigenvalue weighted by molar-refractivity contribution is 6.32. The highest BCUT2D eigenvalue weighted by atomic mass is 35.5. The van der Waals surface area contributed by atoms with Gasteiger partial charge in [0.15, 0.2) is 0 Å². The van der Waals surface area contributed by atoms with Crippen molar-refractivity contribution in [2.24, 2.45) is 5.41 Å². The Morgan fingerprint density at radius 3 is 2.83 bits per heavy atom. The molecule has 0 saturated carbocycles. The second-order valence-electron chi connectivity index (χ2n) is 6.90. The molecule has 5 nitrogen and oxygen atoms in total. The summed E-state index contributed by atoms with van der Waals surface area (Å²) in [6.07, 6.45) is 3.42. The molecule has 2 heterocycles. The van der Waals surface area contributed by atoms with Gasteiger partial charge in [-0.25, -0.2) is 0 Å². The van der Waals surface area contributed by atoms with E-state index in [4.69, 9.17) is 11.6 Å². The maximum Gasteiger partial charge on any atom is 0.253 e. The summed E-state index contributed by atoms with van der Waals surface area (Å²) in [5, 5.41) is 9.71. The first-order chi connectivity index (χ1) is 11.4. The Labute approximate surface area is 147 Å². The fourth-order valence-electron chi connectivity index (χ4n) is 3.93. The van der Waals surface area contributed by atoms with Crippen molar-refractivity contribution in [2.45, 2.75) is 32.6 Å². The van der Waals surface area contributed by atoms with E-state index >= 15 is 0 Å². The molecule has 6 heteroatoms. The number of likely N-dealkylation sites (tertiary alicyclic amines) is 2. The number of rotatable bonds is 2. The molecule has 3 rings (SSSR count). The van der Waals surface area contributed by atoms with E-state index in [-0.39, 0.29) is 28.0 Å². The maximum atomic E-state index is 12.8. The van der Waals surface area contributed by atoms with E-state index < -0.39 is 0 Å². The van der Waals surface area contributed by atoms with Gasteiger partial charge in [0.05, 0.1) is 5.02 Å². The molecule has 1 atom stereocenters. The van der Waals surface area contributed by atoms with Crippen LogP contribution in [0.15, 0.2) is 18.2 Å². The summed E-state index contributed by atoms with van der Waals surface area (Å²) < 4.78 is 0. The Kier molecular flexibility index (Phi) is 4.72. The number of piperidine rings is 2. The summed E-state index contributed by atoms with van der Waals surface area (Å²) in [5.41, 5.74) is 0.507. The first-order valence-electron chi connectivity index (χ1n) is 8.50.